The molecule has 1 aromatic carbocycles. The van der Waals surface area contributed by atoms with Crippen molar-refractivity contribution < 1.29 is 9.90 Å². The summed E-state index contributed by atoms with van der Waals surface area (Å²) in [5.41, 5.74) is 2.97. The van der Waals surface area contributed by atoms with E-state index in [1.807, 2.05) is 36.2 Å². The summed E-state index contributed by atoms with van der Waals surface area (Å²) >= 11 is 1.31. The van der Waals surface area contributed by atoms with Crippen molar-refractivity contribution in [2.75, 3.05) is 23.9 Å². The molecule has 26 heavy (non-hydrogen) atoms. The van der Waals surface area contributed by atoms with Gasteiger partial charge in [-0.25, -0.2) is 14.8 Å². The van der Waals surface area contributed by atoms with Gasteiger partial charge in [0, 0.05) is 12.7 Å². The van der Waals surface area contributed by atoms with Crippen LogP contribution in [0, 0.1) is 6.92 Å². The molecule has 2 amide bonds. The SMILES string of the molecule is Cc1ccc(N(C)c2ccc3nc(NC(=O)N[C@H](C)CO)sc3n2)cc1. The fraction of sp³-hybridized carbons (Fsp3) is 0.278. The standard InChI is InChI=1S/C18H21N5O2S/c1-11-4-6-13(7-5-11)23(3)15-9-8-14-16(21-15)26-18(20-14)22-17(25)19-12(2)10-24/h4-9,12,24H,10H2,1-3H3,(H2,19,20,22,25)/t12-/m1/s1. The second-order valence-electron chi connectivity index (χ2n) is 6.09. The van der Waals surface area contributed by atoms with Crippen LogP contribution in [0.15, 0.2) is 36.4 Å². The molecule has 1 atom stereocenters. The monoisotopic (exact) mass is 371 g/mol. The smallest absolute Gasteiger partial charge is 0.321 e. The number of fused-ring (bicyclic) bond motifs is 1. The van der Waals surface area contributed by atoms with Crippen LogP contribution in [0.3, 0.4) is 0 Å². The number of urea groups is 1. The van der Waals surface area contributed by atoms with Gasteiger partial charge < -0.3 is 15.3 Å². The van der Waals surface area contributed by atoms with Gasteiger partial charge in [-0.15, -0.1) is 0 Å². The van der Waals surface area contributed by atoms with E-state index in [1.54, 1.807) is 6.92 Å². The predicted octanol–water partition coefficient (Wildman–Crippen LogP) is 3.27. The highest BCUT2D eigenvalue weighted by Gasteiger charge is 2.12. The van der Waals surface area contributed by atoms with E-state index in [-0.39, 0.29) is 12.6 Å². The average molecular weight is 371 g/mol. The molecule has 3 aromatic rings. The number of benzene rings is 1. The van der Waals surface area contributed by atoms with Crippen LogP contribution in [0.5, 0.6) is 0 Å². The summed E-state index contributed by atoms with van der Waals surface area (Å²) < 4.78 is 0. The molecule has 2 heterocycles. The molecule has 136 valence electrons. The van der Waals surface area contributed by atoms with Crippen LogP contribution in [-0.2, 0) is 0 Å². The molecule has 0 bridgehead atoms. The number of nitrogens with zero attached hydrogens (tertiary/aromatic N) is 3. The normalized spacial score (nSPS) is 12.0. The van der Waals surface area contributed by atoms with Crippen molar-refractivity contribution in [3.63, 3.8) is 0 Å². The Morgan fingerprint density at radius 1 is 1.23 bits per heavy atom. The van der Waals surface area contributed by atoms with Gasteiger partial charge >= 0.3 is 6.03 Å². The Balaban J connectivity index is 1.78. The third-order valence-corrected chi connectivity index (χ3v) is 4.76. The minimum Gasteiger partial charge on any atom is -0.394 e. The third kappa shape index (κ3) is 4.09. The number of carbonyl (C=O) groups excluding carboxylic acids is 1. The first-order chi connectivity index (χ1) is 12.5. The Bertz CT molecular complexity index is 910. The Kier molecular flexibility index (Phi) is 5.34. The zero-order chi connectivity index (χ0) is 18.7. The van der Waals surface area contributed by atoms with E-state index in [4.69, 9.17) is 5.11 Å². The molecule has 0 aliphatic carbocycles. The number of aromatic nitrogens is 2. The van der Waals surface area contributed by atoms with Crippen molar-refractivity contribution in [1.29, 1.82) is 0 Å². The number of aliphatic hydroxyl groups is 1. The molecule has 7 nitrogen and oxygen atoms in total. The maximum absolute atomic E-state index is 11.9. The second kappa shape index (κ2) is 7.67. The Hall–Kier alpha value is -2.71. The molecule has 0 saturated heterocycles. The summed E-state index contributed by atoms with van der Waals surface area (Å²) in [7, 11) is 1.96. The van der Waals surface area contributed by atoms with Gasteiger partial charge in [0.05, 0.1) is 12.6 Å². The summed E-state index contributed by atoms with van der Waals surface area (Å²) in [4.78, 5) is 23.6. The minimum atomic E-state index is -0.400. The summed E-state index contributed by atoms with van der Waals surface area (Å²) in [6, 6.07) is 11.3. The summed E-state index contributed by atoms with van der Waals surface area (Å²) in [5.74, 6) is 0.801. The number of aliphatic hydroxyl groups excluding tert-OH is 1. The maximum Gasteiger partial charge on any atom is 0.321 e. The van der Waals surface area contributed by atoms with Gasteiger partial charge in [-0.05, 0) is 38.1 Å². The van der Waals surface area contributed by atoms with E-state index < -0.39 is 6.03 Å². The number of carbonyl (C=O) groups is 1. The number of nitrogens with one attached hydrogen (secondary N) is 2. The molecule has 0 aliphatic heterocycles. The topological polar surface area (TPSA) is 90.4 Å². The van der Waals surface area contributed by atoms with Gasteiger partial charge in [0.2, 0.25) is 0 Å². The Morgan fingerprint density at radius 3 is 2.65 bits per heavy atom. The van der Waals surface area contributed by atoms with Crippen LogP contribution < -0.4 is 15.5 Å². The minimum absolute atomic E-state index is 0.122. The number of thiazole rings is 1. The van der Waals surface area contributed by atoms with E-state index in [0.717, 1.165) is 21.9 Å². The number of aryl methyl sites for hydroxylation is 1. The van der Waals surface area contributed by atoms with Crippen molar-refractivity contribution in [1.82, 2.24) is 15.3 Å². The molecule has 0 saturated carbocycles. The highest BCUT2D eigenvalue weighted by atomic mass is 32.1. The van der Waals surface area contributed by atoms with E-state index in [9.17, 15) is 4.79 Å². The molecule has 0 fully saturated rings. The van der Waals surface area contributed by atoms with Gasteiger partial charge in [-0.1, -0.05) is 29.0 Å². The van der Waals surface area contributed by atoms with Crippen LogP contribution in [0.4, 0.5) is 21.4 Å². The van der Waals surface area contributed by atoms with Gasteiger partial charge in [-0.2, -0.15) is 0 Å². The molecule has 2 aromatic heterocycles. The molecular weight excluding hydrogens is 350 g/mol. The van der Waals surface area contributed by atoms with E-state index >= 15 is 0 Å². The second-order valence-corrected chi connectivity index (χ2v) is 7.07. The maximum atomic E-state index is 11.9. The van der Waals surface area contributed by atoms with Crippen molar-refractivity contribution in [3.8, 4) is 0 Å². The zero-order valence-corrected chi connectivity index (χ0v) is 15.7. The van der Waals surface area contributed by atoms with Gasteiger partial charge in [0.15, 0.2) is 5.13 Å². The number of pyridine rings is 1. The lowest BCUT2D eigenvalue weighted by Gasteiger charge is -2.18. The number of hydrogen-bond acceptors (Lipinski definition) is 6. The highest BCUT2D eigenvalue weighted by molar-refractivity contribution is 7.22. The van der Waals surface area contributed by atoms with Crippen molar-refractivity contribution in [3.05, 3.63) is 42.0 Å². The van der Waals surface area contributed by atoms with Crippen molar-refractivity contribution in [2.45, 2.75) is 19.9 Å². The Morgan fingerprint density at radius 2 is 1.96 bits per heavy atom. The summed E-state index contributed by atoms with van der Waals surface area (Å²) in [5, 5.41) is 14.7. The van der Waals surface area contributed by atoms with Crippen LogP contribution in [0.25, 0.3) is 10.3 Å². The average Bonchev–Trinajstić information content (AvgIpc) is 3.02. The summed E-state index contributed by atoms with van der Waals surface area (Å²) in [6.07, 6.45) is 0. The van der Waals surface area contributed by atoms with Gasteiger partial charge in [0.1, 0.15) is 16.2 Å². The molecule has 0 aliphatic rings. The first-order valence-electron chi connectivity index (χ1n) is 8.22. The lowest BCUT2D eigenvalue weighted by Crippen LogP contribution is -2.38. The largest absolute Gasteiger partial charge is 0.394 e. The number of hydrogen-bond donors (Lipinski definition) is 3. The number of anilines is 3. The molecule has 0 spiro atoms. The lowest BCUT2D eigenvalue weighted by atomic mass is 10.2. The summed E-state index contributed by atoms with van der Waals surface area (Å²) in [6.45, 7) is 3.65. The fourth-order valence-corrected chi connectivity index (χ4v) is 3.18. The number of rotatable bonds is 5. The number of amides is 2. The fourth-order valence-electron chi connectivity index (χ4n) is 2.35. The van der Waals surface area contributed by atoms with Gasteiger partial charge in [-0.3, -0.25) is 5.32 Å². The van der Waals surface area contributed by atoms with Crippen LogP contribution >= 0.6 is 11.3 Å². The lowest BCUT2D eigenvalue weighted by molar-refractivity contribution is 0.229. The molecular formula is C18H21N5O2S. The van der Waals surface area contributed by atoms with Crippen LogP contribution in [0.1, 0.15) is 12.5 Å². The molecule has 3 rings (SSSR count). The van der Waals surface area contributed by atoms with E-state index in [2.05, 4.69) is 39.7 Å². The third-order valence-electron chi connectivity index (χ3n) is 3.88. The molecule has 0 radical (unpaired) electrons. The van der Waals surface area contributed by atoms with Crippen LogP contribution in [-0.4, -0.2) is 40.8 Å². The van der Waals surface area contributed by atoms with Crippen LogP contribution in [0.2, 0.25) is 0 Å². The highest BCUT2D eigenvalue weighted by Crippen LogP contribution is 2.29. The molecule has 0 unspecified atom stereocenters. The first-order valence-corrected chi connectivity index (χ1v) is 9.04. The van der Waals surface area contributed by atoms with E-state index in [1.165, 1.54) is 16.9 Å². The molecule has 8 heteroatoms. The zero-order valence-electron chi connectivity index (χ0n) is 14.9. The molecule has 3 N–H and O–H groups in total. The predicted molar refractivity (Wildman–Crippen MR) is 105 cm³/mol. The first kappa shape index (κ1) is 18.1. The van der Waals surface area contributed by atoms with Crippen molar-refractivity contribution in [2.24, 2.45) is 0 Å². The van der Waals surface area contributed by atoms with Gasteiger partial charge in [0.25, 0.3) is 0 Å². The van der Waals surface area contributed by atoms with E-state index in [0.29, 0.717) is 5.13 Å². The quantitative estimate of drug-likeness (QED) is 0.640. The van der Waals surface area contributed by atoms with Crippen molar-refractivity contribution >= 4 is 44.4 Å². The Labute approximate surface area is 155 Å².